The second-order valence-electron chi connectivity index (χ2n) is 7.88. The van der Waals surface area contributed by atoms with Gasteiger partial charge in [0.05, 0.1) is 7.11 Å². The highest BCUT2D eigenvalue weighted by atomic mass is 35.5. The molecule has 30 heavy (non-hydrogen) atoms. The fraction of sp³-hybridized carbons (Fsp3) is 0.143. The van der Waals surface area contributed by atoms with Crippen LogP contribution in [0.3, 0.4) is 0 Å². The predicted octanol–water partition coefficient (Wildman–Crippen LogP) is 7.86. The smallest absolute Gasteiger partial charge is 0.118 e. The van der Waals surface area contributed by atoms with E-state index in [1.54, 1.807) is 7.11 Å². The van der Waals surface area contributed by atoms with E-state index in [4.69, 9.17) is 16.3 Å². The molecule has 0 bridgehead atoms. The van der Waals surface area contributed by atoms with E-state index < -0.39 is 0 Å². The Hall–Kier alpha value is -3.03. The number of halogens is 1. The third kappa shape index (κ3) is 3.51. The Morgan fingerprint density at radius 1 is 0.800 bits per heavy atom. The molecular weight excluding hydrogens is 388 g/mol. The van der Waals surface area contributed by atoms with Crippen LogP contribution in [0.5, 0.6) is 5.75 Å². The molecule has 2 heteroatoms. The Morgan fingerprint density at radius 3 is 2.30 bits per heavy atom. The van der Waals surface area contributed by atoms with Crippen LogP contribution in [0.25, 0.3) is 16.3 Å². The number of allylic oxidation sites excluding steroid dienone is 2. The summed E-state index contributed by atoms with van der Waals surface area (Å²) in [5, 5.41) is 3.41. The third-order valence-electron chi connectivity index (χ3n) is 6.19. The van der Waals surface area contributed by atoms with Crippen molar-refractivity contribution in [3.05, 3.63) is 119 Å². The van der Waals surface area contributed by atoms with Gasteiger partial charge in [-0.1, -0.05) is 84.4 Å². The Balaban J connectivity index is 1.61. The first-order chi connectivity index (χ1) is 14.7. The molecular formula is C28H23ClO. The van der Waals surface area contributed by atoms with Gasteiger partial charge in [-0.05, 0) is 69.6 Å². The van der Waals surface area contributed by atoms with Gasteiger partial charge in [0, 0.05) is 10.9 Å². The van der Waals surface area contributed by atoms with Crippen molar-refractivity contribution in [2.45, 2.75) is 18.3 Å². The number of hydrogen-bond donors (Lipinski definition) is 0. The lowest BCUT2D eigenvalue weighted by atomic mass is 9.81. The lowest BCUT2D eigenvalue weighted by Gasteiger charge is -2.22. The molecule has 0 radical (unpaired) electrons. The van der Waals surface area contributed by atoms with E-state index in [1.165, 1.54) is 33.0 Å². The maximum absolute atomic E-state index is 6.13. The van der Waals surface area contributed by atoms with Gasteiger partial charge in [-0.25, -0.2) is 0 Å². The van der Waals surface area contributed by atoms with E-state index >= 15 is 0 Å². The van der Waals surface area contributed by atoms with E-state index in [9.17, 15) is 0 Å². The van der Waals surface area contributed by atoms with E-state index in [-0.39, 0.29) is 0 Å². The van der Waals surface area contributed by atoms with Gasteiger partial charge >= 0.3 is 0 Å². The van der Waals surface area contributed by atoms with Crippen LogP contribution in [0.15, 0.2) is 97.1 Å². The Labute approximate surface area is 182 Å². The minimum atomic E-state index is 0.312. The van der Waals surface area contributed by atoms with Gasteiger partial charge in [0.1, 0.15) is 5.75 Å². The van der Waals surface area contributed by atoms with Crippen molar-refractivity contribution < 1.29 is 4.74 Å². The summed E-state index contributed by atoms with van der Waals surface area (Å²) in [5.74, 6) is 1.59. The molecule has 1 nitrogen and oxygen atoms in total. The lowest BCUT2D eigenvalue weighted by molar-refractivity contribution is 0.414. The van der Waals surface area contributed by atoms with E-state index in [2.05, 4.69) is 84.9 Å². The summed E-state index contributed by atoms with van der Waals surface area (Å²) >= 11 is 6.13. The zero-order chi connectivity index (χ0) is 20.5. The molecule has 0 saturated heterocycles. The number of ether oxygens (including phenoxy) is 1. The van der Waals surface area contributed by atoms with Gasteiger partial charge in [0.15, 0.2) is 0 Å². The highest BCUT2D eigenvalue weighted by Gasteiger charge is 2.31. The minimum absolute atomic E-state index is 0.312. The van der Waals surface area contributed by atoms with Crippen LogP contribution >= 0.6 is 11.6 Å². The second kappa shape index (κ2) is 8.01. The SMILES string of the molecule is COc1ccc([C@@H]2C=C(c3ccc(Cl)cc3)C[C@H]2c2cccc3ccccc23)cc1. The normalized spacial score (nSPS) is 18.4. The van der Waals surface area contributed by atoms with Crippen molar-refractivity contribution in [1.29, 1.82) is 0 Å². The van der Waals surface area contributed by atoms with Crippen LogP contribution in [0.2, 0.25) is 5.02 Å². The first kappa shape index (κ1) is 19.0. The van der Waals surface area contributed by atoms with Crippen LogP contribution in [0.1, 0.15) is 34.9 Å². The summed E-state index contributed by atoms with van der Waals surface area (Å²) in [4.78, 5) is 0. The van der Waals surface area contributed by atoms with Crippen LogP contribution in [-0.2, 0) is 0 Å². The molecule has 0 unspecified atom stereocenters. The van der Waals surface area contributed by atoms with Gasteiger partial charge in [-0.15, -0.1) is 0 Å². The lowest BCUT2D eigenvalue weighted by Crippen LogP contribution is -2.06. The topological polar surface area (TPSA) is 9.23 Å². The van der Waals surface area contributed by atoms with E-state index in [0.717, 1.165) is 17.2 Å². The van der Waals surface area contributed by atoms with Gasteiger partial charge in [0.2, 0.25) is 0 Å². The molecule has 148 valence electrons. The summed E-state index contributed by atoms with van der Waals surface area (Å²) in [6.07, 6.45) is 3.45. The largest absolute Gasteiger partial charge is 0.497 e. The predicted molar refractivity (Wildman–Crippen MR) is 126 cm³/mol. The average Bonchev–Trinajstić information content (AvgIpc) is 3.24. The molecule has 4 aromatic rings. The number of methoxy groups -OCH3 is 1. The van der Waals surface area contributed by atoms with Gasteiger partial charge < -0.3 is 4.74 Å². The Bertz CT molecular complexity index is 1200. The van der Waals surface area contributed by atoms with Crippen molar-refractivity contribution in [3.63, 3.8) is 0 Å². The van der Waals surface area contributed by atoms with Gasteiger partial charge in [0.25, 0.3) is 0 Å². The maximum atomic E-state index is 6.13. The maximum Gasteiger partial charge on any atom is 0.118 e. The zero-order valence-electron chi connectivity index (χ0n) is 16.9. The summed E-state index contributed by atoms with van der Waals surface area (Å²) in [7, 11) is 1.71. The van der Waals surface area contributed by atoms with Crippen molar-refractivity contribution in [1.82, 2.24) is 0 Å². The highest BCUT2D eigenvalue weighted by molar-refractivity contribution is 6.30. The summed E-state index contributed by atoms with van der Waals surface area (Å²) in [6, 6.07) is 32.1. The van der Waals surface area contributed by atoms with Crippen LogP contribution in [0, 0.1) is 0 Å². The third-order valence-corrected chi connectivity index (χ3v) is 6.44. The fourth-order valence-corrected chi connectivity index (χ4v) is 4.80. The first-order valence-electron chi connectivity index (χ1n) is 10.3. The first-order valence-corrected chi connectivity index (χ1v) is 10.7. The van der Waals surface area contributed by atoms with Crippen molar-refractivity contribution in [3.8, 4) is 5.75 Å². The molecule has 0 fully saturated rings. The van der Waals surface area contributed by atoms with Gasteiger partial charge in [-0.3, -0.25) is 0 Å². The molecule has 2 atom stereocenters. The second-order valence-corrected chi connectivity index (χ2v) is 8.31. The molecule has 0 aromatic heterocycles. The number of rotatable bonds is 4. The number of fused-ring (bicyclic) bond motifs is 1. The van der Waals surface area contributed by atoms with E-state index in [1.807, 2.05) is 12.1 Å². The highest BCUT2D eigenvalue weighted by Crippen LogP contribution is 2.49. The summed E-state index contributed by atoms with van der Waals surface area (Å²) < 4.78 is 5.37. The average molecular weight is 411 g/mol. The van der Waals surface area contributed by atoms with Gasteiger partial charge in [-0.2, -0.15) is 0 Å². The molecule has 0 heterocycles. The monoisotopic (exact) mass is 410 g/mol. The van der Waals surface area contributed by atoms with Crippen molar-refractivity contribution in [2.24, 2.45) is 0 Å². The van der Waals surface area contributed by atoms with Crippen LogP contribution in [-0.4, -0.2) is 7.11 Å². The summed E-state index contributed by atoms with van der Waals surface area (Å²) in [5.41, 5.74) is 5.36. The molecule has 0 N–H and O–H groups in total. The standard InChI is InChI=1S/C28H23ClO/c1-30-24-15-11-21(12-16-24)27-17-22(19-9-13-23(29)14-10-19)18-28(27)26-8-4-6-20-5-2-3-7-25(20)26/h2-17,27-28H,18H2,1H3/t27-,28-/m0/s1. The molecule has 1 aliphatic rings. The quantitative estimate of drug-likeness (QED) is 0.332. The molecule has 0 aliphatic heterocycles. The minimum Gasteiger partial charge on any atom is -0.497 e. The molecule has 0 saturated carbocycles. The number of hydrogen-bond acceptors (Lipinski definition) is 1. The zero-order valence-corrected chi connectivity index (χ0v) is 17.6. The van der Waals surface area contributed by atoms with Crippen LogP contribution < -0.4 is 4.74 Å². The molecule has 5 rings (SSSR count). The van der Waals surface area contributed by atoms with E-state index in [0.29, 0.717) is 11.8 Å². The molecule has 1 aliphatic carbocycles. The fourth-order valence-electron chi connectivity index (χ4n) is 4.67. The molecule has 0 spiro atoms. The van der Waals surface area contributed by atoms with Crippen LogP contribution in [0.4, 0.5) is 0 Å². The van der Waals surface area contributed by atoms with Crippen molar-refractivity contribution >= 4 is 27.9 Å². The van der Waals surface area contributed by atoms with Crippen molar-refractivity contribution in [2.75, 3.05) is 7.11 Å². The number of benzene rings is 4. The summed E-state index contributed by atoms with van der Waals surface area (Å²) in [6.45, 7) is 0. The Morgan fingerprint density at radius 2 is 1.53 bits per heavy atom. The Kier molecular flexibility index (Phi) is 5.06. The molecule has 4 aromatic carbocycles. The molecule has 0 amide bonds.